The van der Waals surface area contributed by atoms with Gasteiger partial charge in [-0.05, 0) is 49.4 Å². The second-order valence-corrected chi connectivity index (χ2v) is 10.5. The Morgan fingerprint density at radius 2 is 1.68 bits per heavy atom. The van der Waals surface area contributed by atoms with Gasteiger partial charge in [-0.25, -0.2) is 4.98 Å². The molecule has 1 amide bonds. The molecular weight excluding hydrogens is 549 g/mol. The second kappa shape index (κ2) is 11.9. The molecule has 0 radical (unpaired) electrons. The van der Waals surface area contributed by atoms with E-state index in [1.54, 1.807) is 24.4 Å². The molecule has 1 aliphatic rings. The molecule has 9 heteroatoms. The first-order valence-corrected chi connectivity index (χ1v) is 13.5. The van der Waals surface area contributed by atoms with Gasteiger partial charge in [-0.2, -0.15) is 13.2 Å². The molecule has 1 aliphatic heterocycles. The van der Waals surface area contributed by atoms with Crippen molar-refractivity contribution in [1.29, 1.82) is 0 Å². The molecule has 0 unspecified atom stereocenters. The molecule has 0 aliphatic carbocycles. The number of likely N-dealkylation sites (N-methyl/N-ethyl adjacent to an activating group) is 1. The number of nitrogens with zero attached hydrogens (tertiary/aromatic N) is 3. The van der Waals surface area contributed by atoms with Crippen LogP contribution in [0.15, 0.2) is 66.9 Å². The number of fused-ring (bicyclic) bond motifs is 1. The van der Waals surface area contributed by atoms with E-state index in [-0.39, 0.29) is 23.4 Å². The largest absolute Gasteiger partial charge is 0.416 e. The summed E-state index contributed by atoms with van der Waals surface area (Å²) in [5, 5.41) is 4.67. The van der Waals surface area contributed by atoms with E-state index in [0.717, 1.165) is 35.5 Å². The van der Waals surface area contributed by atoms with Gasteiger partial charge in [0, 0.05) is 66.5 Å². The fraction of sp³-hybridized carbons (Fsp3) is 0.250. The fourth-order valence-corrected chi connectivity index (χ4v) is 5.01. The summed E-state index contributed by atoms with van der Waals surface area (Å²) in [5.41, 5.74) is 1.98. The number of piperazine rings is 1. The maximum Gasteiger partial charge on any atom is 0.416 e. The average molecular weight is 577 g/mol. The molecule has 0 bridgehead atoms. The fourth-order valence-electron chi connectivity index (χ4n) is 4.80. The number of amides is 1. The van der Waals surface area contributed by atoms with Crippen molar-refractivity contribution in [2.45, 2.75) is 19.6 Å². The summed E-state index contributed by atoms with van der Waals surface area (Å²) in [6.07, 6.45) is -2.94. The van der Waals surface area contributed by atoms with E-state index in [1.165, 1.54) is 12.1 Å². The van der Waals surface area contributed by atoms with Gasteiger partial charge < -0.3 is 10.2 Å². The van der Waals surface area contributed by atoms with Crippen LogP contribution in [0.1, 0.15) is 38.2 Å². The minimum absolute atomic E-state index is 0.0800. The van der Waals surface area contributed by atoms with Gasteiger partial charge in [0.05, 0.1) is 11.1 Å². The molecular formula is C32H28ClF3N4O. The number of anilines is 1. The third-order valence-corrected chi connectivity index (χ3v) is 7.54. The van der Waals surface area contributed by atoms with Crippen LogP contribution in [0.2, 0.25) is 5.15 Å². The monoisotopic (exact) mass is 576 g/mol. The number of hydrogen-bond donors (Lipinski definition) is 1. The van der Waals surface area contributed by atoms with Crippen LogP contribution < -0.4 is 5.32 Å². The molecule has 5 nitrogen and oxygen atoms in total. The number of benzene rings is 3. The van der Waals surface area contributed by atoms with Crippen molar-refractivity contribution in [1.82, 2.24) is 14.8 Å². The molecule has 3 aromatic carbocycles. The number of carbonyl (C=O) groups is 1. The van der Waals surface area contributed by atoms with Gasteiger partial charge in [0.2, 0.25) is 0 Å². The summed E-state index contributed by atoms with van der Waals surface area (Å²) in [6, 6.07) is 16.6. The van der Waals surface area contributed by atoms with Gasteiger partial charge in [-0.3, -0.25) is 9.69 Å². The number of pyridine rings is 1. The predicted molar refractivity (Wildman–Crippen MR) is 156 cm³/mol. The van der Waals surface area contributed by atoms with Crippen molar-refractivity contribution < 1.29 is 18.0 Å². The second-order valence-electron chi connectivity index (χ2n) is 10.2. The molecule has 0 atom stereocenters. The van der Waals surface area contributed by atoms with E-state index in [2.05, 4.69) is 27.0 Å². The van der Waals surface area contributed by atoms with Gasteiger partial charge in [0.25, 0.3) is 5.91 Å². The Balaban J connectivity index is 1.37. The SMILES string of the molecule is Cc1ccc(C(=O)Nc2ccc(CN3CCN(C)CC3)c(C(F)(F)F)c2)cc1C#Cc1cnc(Cl)c2ccccc12. The number of hydrogen-bond acceptors (Lipinski definition) is 4. The predicted octanol–water partition coefficient (Wildman–Crippen LogP) is 6.61. The number of aromatic nitrogens is 1. The van der Waals surface area contributed by atoms with Gasteiger partial charge in [0.15, 0.2) is 0 Å². The van der Waals surface area contributed by atoms with Crippen LogP contribution in [-0.2, 0) is 12.7 Å². The van der Waals surface area contributed by atoms with Crippen LogP contribution in [0, 0.1) is 18.8 Å². The molecule has 0 spiro atoms. The first-order valence-electron chi connectivity index (χ1n) is 13.2. The number of nitrogens with one attached hydrogen (secondary N) is 1. The van der Waals surface area contributed by atoms with E-state index >= 15 is 0 Å². The Kier molecular flexibility index (Phi) is 8.32. The summed E-state index contributed by atoms with van der Waals surface area (Å²) in [7, 11) is 2.00. The quantitative estimate of drug-likeness (QED) is 0.219. The average Bonchev–Trinajstić information content (AvgIpc) is 2.95. The zero-order valence-electron chi connectivity index (χ0n) is 22.6. The van der Waals surface area contributed by atoms with Crippen molar-refractivity contribution in [3.05, 3.63) is 105 Å². The molecule has 4 aromatic rings. The van der Waals surface area contributed by atoms with Crippen molar-refractivity contribution >= 4 is 34.0 Å². The zero-order valence-corrected chi connectivity index (χ0v) is 23.4. The molecule has 41 heavy (non-hydrogen) atoms. The number of rotatable bonds is 4. The third kappa shape index (κ3) is 6.71. The highest BCUT2D eigenvalue weighted by Crippen LogP contribution is 2.35. The molecule has 210 valence electrons. The number of carbonyl (C=O) groups excluding carboxylic acids is 1. The molecule has 2 heterocycles. The third-order valence-electron chi connectivity index (χ3n) is 7.24. The van der Waals surface area contributed by atoms with Crippen molar-refractivity contribution in [3.8, 4) is 11.8 Å². The molecule has 5 rings (SSSR count). The van der Waals surface area contributed by atoms with Crippen LogP contribution >= 0.6 is 11.6 Å². The van der Waals surface area contributed by atoms with E-state index in [1.807, 2.05) is 43.1 Å². The number of halogens is 4. The topological polar surface area (TPSA) is 48.5 Å². The lowest BCUT2D eigenvalue weighted by atomic mass is 10.0. The van der Waals surface area contributed by atoms with E-state index in [4.69, 9.17) is 11.6 Å². The first-order chi connectivity index (χ1) is 19.6. The lowest BCUT2D eigenvalue weighted by Crippen LogP contribution is -2.44. The van der Waals surface area contributed by atoms with Gasteiger partial charge in [-0.15, -0.1) is 0 Å². The molecule has 1 N–H and O–H groups in total. The maximum absolute atomic E-state index is 14.0. The van der Waals surface area contributed by atoms with Crippen LogP contribution in [0.3, 0.4) is 0 Å². The lowest BCUT2D eigenvalue weighted by molar-refractivity contribution is -0.138. The van der Waals surface area contributed by atoms with Crippen LogP contribution in [0.5, 0.6) is 0 Å². The van der Waals surface area contributed by atoms with E-state index in [9.17, 15) is 18.0 Å². The summed E-state index contributed by atoms with van der Waals surface area (Å²) in [6.45, 7) is 5.11. The molecule has 1 fully saturated rings. The van der Waals surface area contributed by atoms with Gasteiger partial charge in [-0.1, -0.05) is 59.8 Å². The molecule has 1 aromatic heterocycles. The number of alkyl halides is 3. The Bertz CT molecular complexity index is 1670. The lowest BCUT2D eigenvalue weighted by Gasteiger charge is -2.33. The summed E-state index contributed by atoms with van der Waals surface area (Å²) in [4.78, 5) is 21.5. The Morgan fingerprint density at radius 3 is 2.41 bits per heavy atom. The van der Waals surface area contributed by atoms with Gasteiger partial charge in [0.1, 0.15) is 5.15 Å². The van der Waals surface area contributed by atoms with Crippen LogP contribution in [0.4, 0.5) is 18.9 Å². The number of aryl methyl sites for hydroxylation is 1. The Hall–Kier alpha value is -3.90. The normalized spacial score (nSPS) is 14.5. The standard InChI is InChI=1S/C32H28ClF3N4O/c1-21-7-8-23(17-22(21)9-10-24-19-37-30(33)28-6-4-3-5-27(24)28)31(41)38-26-12-11-25(29(18-26)32(34,35)36)20-40-15-13-39(2)14-16-40/h3-8,11-12,17-19H,13-16,20H2,1-2H3,(H,38,41). The first kappa shape index (κ1) is 28.6. The van der Waals surface area contributed by atoms with E-state index < -0.39 is 17.6 Å². The smallest absolute Gasteiger partial charge is 0.322 e. The van der Waals surface area contributed by atoms with Crippen LogP contribution in [0.25, 0.3) is 10.8 Å². The zero-order chi connectivity index (χ0) is 29.1. The highest BCUT2D eigenvalue weighted by Gasteiger charge is 2.34. The molecule has 0 saturated carbocycles. The summed E-state index contributed by atoms with van der Waals surface area (Å²) >= 11 is 6.22. The summed E-state index contributed by atoms with van der Waals surface area (Å²) in [5.74, 6) is 5.71. The van der Waals surface area contributed by atoms with E-state index in [0.29, 0.717) is 29.4 Å². The highest BCUT2D eigenvalue weighted by atomic mass is 35.5. The minimum Gasteiger partial charge on any atom is -0.322 e. The summed E-state index contributed by atoms with van der Waals surface area (Å²) < 4.78 is 41.9. The minimum atomic E-state index is -4.55. The Labute approximate surface area is 241 Å². The van der Waals surface area contributed by atoms with Crippen molar-refractivity contribution in [2.75, 3.05) is 38.5 Å². The Morgan fingerprint density at radius 1 is 0.976 bits per heavy atom. The highest BCUT2D eigenvalue weighted by molar-refractivity contribution is 6.34. The van der Waals surface area contributed by atoms with Crippen LogP contribution in [-0.4, -0.2) is 53.9 Å². The van der Waals surface area contributed by atoms with Gasteiger partial charge >= 0.3 is 6.18 Å². The van der Waals surface area contributed by atoms with Crippen molar-refractivity contribution in [3.63, 3.8) is 0 Å². The maximum atomic E-state index is 14.0. The molecule has 1 saturated heterocycles. The van der Waals surface area contributed by atoms with Crippen molar-refractivity contribution in [2.24, 2.45) is 0 Å².